The molecule has 0 saturated heterocycles. The minimum atomic E-state index is 0. The monoisotopic (exact) mass is 357 g/mol. The molecule has 0 aromatic heterocycles. The molecule has 0 bridgehead atoms. The van der Waals surface area contributed by atoms with Crippen LogP contribution < -0.4 is 19.5 Å². The lowest BCUT2D eigenvalue weighted by Crippen LogP contribution is -2.13. The highest BCUT2D eigenvalue weighted by molar-refractivity contribution is 6.31. The van der Waals surface area contributed by atoms with E-state index in [1.54, 1.807) is 21.3 Å². The van der Waals surface area contributed by atoms with Gasteiger partial charge in [0.2, 0.25) is 5.75 Å². The van der Waals surface area contributed by atoms with Crippen molar-refractivity contribution in [2.45, 2.75) is 13.1 Å². The molecule has 0 atom stereocenters. The quantitative estimate of drug-likeness (QED) is 0.810. The molecule has 0 aliphatic rings. The second kappa shape index (κ2) is 9.50. The molecule has 2 aromatic carbocycles. The lowest BCUT2D eigenvalue weighted by Gasteiger charge is -2.14. The molecule has 0 aliphatic heterocycles. The van der Waals surface area contributed by atoms with E-state index >= 15 is 0 Å². The van der Waals surface area contributed by atoms with E-state index in [-0.39, 0.29) is 12.4 Å². The van der Waals surface area contributed by atoms with E-state index in [1.807, 2.05) is 36.4 Å². The van der Waals surface area contributed by atoms with E-state index in [0.29, 0.717) is 30.3 Å². The van der Waals surface area contributed by atoms with E-state index < -0.39 is 0 Å². The van der Waals surface area contributed by atoms with Crippen molar-refractivity contribution in [1.29, 1.82) is 0 Å². The summed E-state index contributed by atoms with van der Waals surface area (Å²) in [6.45, 7) is 1.36. The minimum absolute atomic E-state index is 0. The van der Waals surface area contributed by atoms with Gasteiger partial charge in [-0.25, -0.2) is 0 Å². The Kier molecular flexibility index (Phi) is 8.03. The molecule has 0 heterocycles. The summed E-state index contributed by atoms with van der Waals surface area (Å²) < 4.78 is 16.0. The third-order valence-electron chi connectivity index (χ3n) is 3.33. The van der Waals surface area contributed by atoms with E-state index in [1.165, 1.54) is 0 Å². The van der Waals surface area contributed by atoms with Crippen LogP contribution in [0.1, 0.15) is 11.1 Å². The second-order valence-electron chi connectivity index (χ2n) is 4.73. The maximum absolute atomic E-state index is 6.14. The van der Waals surface area contributed by atoms with Crippen LogP contribution in [0.5, 0.6) is 17.2 Å². The van der Waals surface area contributed by atoms with E-state index in [4.69, 9.17) is 25.8 Å². The van der Waals surface area contributed by atoms with Crippen molar-refractivity contribution in [1.82, 2.24) is 5.32 Å². The van der Waals surface area contributed by atoms with Gasteiger partial charge in [-0.2, -0.15) is 0 Å². The fraction of sp³-hybridized carbons (Fsp3) is 0.294. The molecule has 6 heteroatoms. The number of rotatable bonds is 7. The highest BCUT2D eigenvalue weighted by Gasteiger charge is 2.12. The molecule has 23 heavy (non-hydrogen) atoms. The van der Waals surface area contributed by atoms with Gasteiger partial charge >= 0.3 is 0 Å². The van der Waals surface area contributed by atoms with E-state index in [9.17, 15) is 0 Å². The Morgan fingerprint density at radius 1 is 0.913 bits per heavy atom. The zero-order valence-corrected chi connectivity index (χ0v) is 15.0. The molecule has 0 amide bonds. The molecule has 0 aliphatic carbocycles. The maximum Gasteiger partial charge on any atom is 0.203 e. The highest BCUT2D eigenvalue weighted by Crippen LogP contribution is 2.38. The fourth-order valence-electron chi connectivity index (χ4n) is 2.22. The van der Waals surface area contributed by atoms with Crippen LogP contribution in [0, 0.1) is 0 Å². The van der Waals surface area contributed by atoms with Crippen LogP contribution in [0.4, 0.5) is 0 Å². The fourth-order valence-corrected chi connectivity index (χ4v) is 2.42. The molecule has 4 nitrogen and oxygen atoms in total. The summed E-state index contributed by atoms with van der Waals surface area (Å²) in [5, 5.41) is 4.13. The molecule has 2 rings (SSSR count). The topological polar surface area (TPSA) is 39.7 Å². The summed E-state index contributed by atoms with van der Waals surface area (Å²) in [4.78, 5) is 0. The van der Waals surface area contributed by atoms with Gasteiger partial charge in [0, 0.05) is 18.1 Å². The maximum atomic E-state index is 6.14. The number of ether oxygens (including phenoxy) is 3. The Labute approximate surface area is 148 Å². The molecule has 0 spiro atoms. The summed E-state index contributed by atoms with van der Waals surface area (Å²) in [6.07, 6.45) is 0. The third-order valence-corrected chi connectivity index (χ3v) is 3.70. The van der Waals surface area contributed by atoms with Crippen molar-refractivity contribution in [3.63, 3.8) is 0 Å². The summed E-state index contributed by atoms with van der Waals surface area (Å²) in [5.41, 5.74) is 2.11. The molecule has 1 N–H and O–H groups in total. The molecule has 0 fully saturated rings. The predicted molar refractivity (Wildman–Crippen MR) is 95.3 cm³/mol. The molecule has 0 saturated carbocycles. The second-order valence-corrected chi connectivity index (χ2v) is 5.14. The van der Waals surface area contributed by atoms with Crippen molar-refractivity contribution < 1.29 is 14.2 Å². The lowest BCUT2D eigenvalue weighted by atomic mass is 10.1. The molecule has 0 radical (unpaired) electrons. The summed E-state index contributed by atoms with van der Waals surface area (Å²) >= 11 is 6.14. The smallest absolute Gasteiger partial charge is 0.203 e. The first-order valence-electron chi connectivity index (χ1n) is 6.92. The van der Waals surface area contributed by atoms with Crippen molar-refractivity contribution in [3.05, 3.63) is 52.5 Å². The zero-order valence-electron chi connectivity index (χ0n) is 13.4. The van der Waals surface area contributed by atoms with Gasteiger partial charge in [0.05, 0.1) is 21.3 Å². The Morgan fingerprint density at radius 3 is 2.04 bits per heavy atom. The van der Waals surface area contributed by atoms with Crippen LogP contribution in [-0.2, 0) is 13.1 Å². The molecular weight excluding hydrogens is 337 g/mol. The van der Waals surface area contributed by atoms with Crippen molar-refractivity contribution in [2.75, 3.05) is 21.3 Å². The Bertz CT molecular complexity index is 610. The summed E-state index contributed by atoms with van der Waals surface area (Å²) in [5.74, 6) is 1.90. The molecule has 0 unspecified atom stereocenters. The number of nitrogens with one attached hydrogen (secondary N) is 1. The number of hydrogen-bond donors (Lipinski definition) is 1. The minimum Gasteiger partial charge on any atom is -0.493 e. The first-order chi connectivity index (χ1) is 10.7. The van der Waals surface area contributed by atoms with Gasteiger partial charge in [0.15, 0.2) is 11.5 Å². The third kappa shape index (κ3) is 4.93. The number of halogens is 2. The lowest BCUT2D eigenvalue weighted by molar-refractivity contribution is 0.323. The van der Waals surface area contributed by atoms with Crippen LogP contribution in [-0.4, -0.2) is 21.3 Å². The van der Waals surface area contributed by atoms with Gasteiger partial charge in [-0.1, -0.05) is 29.8 Å². The first kappa shape index (κ1) is 19.4. The largest absolute Gasteiger partial charge is 0.493 e. The van der Waals surface area contributed by atoms with Crippen molar-refractivity contribution in [2.24, 2.45) is 0 Å². The average Bonchev–Trinajstić information content (AvgIpc) is 2.55. The van der Waals surface area contributed by atoms with Gasteiger partial charge in [0.25, 0.3) is 0 Å². The van der Waals surface area contributed by atoms with Crippen LogP contribution in [0.15, 0.2) is 36.4 Å². The van der Waals surface area contributed by atoms with Gasteiger partial charge in [-0.05, 0) is 29.3 Å². The molecular formula is C17H21Cl2NO3. The predicted octanol–water partition coefficient (Wildman–Crippen LogP) is 4.08. The highest BCUT2D eigenvalue weighted by atomic mass is 35.5. The van der Waals surface area contributed by atoms with E-state index in [2.05, 4.69) is 5.32 Å². The summed E-state index contributed by atoms with van der Waals surface area (Å²) in [7, 11) is 4.81. The Morgan fingerprint density at radius 2 is 1.52 bits per heavy atom. The van der Waals surface area contributed by atoms with Gasteiger partial charge in [-0.15, -0.1) is 12.4 Å². The van der Waals surface area contributed by atoms with Gasteiger partial charge < -0.3 is 19.5 Å². The van der Waals surface area contributed by atoms with Crippen LogP contribution in [0.2, 0.25) is 5.02 Å². The van der Waals surface area contributed by atoms with Crippen LogP contribution >= 0.6 is 24.0 Å². The Hall–Kier alpha value is -1.62. The number of benzene rings is 2. The summed E-state index contributed by atoms with van der Waals surface area (Å²) in [6, 6.07) is 11.7. The normalized spacial score (nSPS) is 9.91. The van der Waals surface area contributed by atoms with Gasteiger partial charge in [-0.3, -0.25) is 0 Å². The van der Waals surface area contributed by atoms with Crippen LogP contribution in [0.25, 0.3) is 0 Å². The van der Waals surface area contributed by atoms with Gasteiger partial charge in [0.1, 0.15) is 0 Å². The average molecular weight is 358 g/mol. The molecule has 126 valence electrons. The zero-order chi connectivity index (χ0) is 15.9. The standard InChI is InChI=1S/C17H20ClNO3.ClH/c1-20-15-8-12(9-16(21-2)17(15)22-3)10-19-11-13-6-4-5-7-14(13)18;/h4-9,19H,10-11H2,1-3H3;1H. The molecule has 2 aromatic rings. The Balaban J connectivity index is 0.00000264. The number of methoxy groups -OCH3 is 3. The van der Waals surface area contributed by atoms with E-state index in [0.717, 1.165) is 16.1 Å². The van der Waals surface area contributed by atoms with Crippen molar-refractivity contribution >= 4 is 24.0 Å². The van der Waals surface area contributed by atoms with Crippen LogP contribution in [0.3, 0.4) is 0 Å². The number of hydrogen-bond acceptors (Lipinski definition) is 4. The SMILES string of the molecule is COc1cc(CNCc2ccccc2Cl)cc(OC)c1OC.Cl. The first-order valence-corrected chi connectivity index (χ1v) is 7.30. The van der Waals surface area contributed by atoms with Crippen molar-refractivity contribution in [3.8, 4) is 17.2 Å².